The molecular weight excluding hydrogens is 120 g/mol. The highest BCUT2D eigenvalue weighted by Gasteiger charge is 2.10. The second-order valence-corrected chi connectivity index (χ2v) is 1.88. The Bertz CT molecular complexity index is 110. The lowest BCUT2D eigenvalue weighted by atomic mass is 10.5. The largest absolute Gasteiger partial charge is 0.363 e. The molecule has 1 saturated heterocycles. The summed E-state index contributed by atoms with van der Waals surface area (Å²) in [4.78, 5) is 10.6. The Morgan fingerprint density at radius 3 is 2.89 bits per heavy atom. The van der Waals surface area contributed by atoms with E-state index in [-0.39, 0.29) is 5.91 Å². The van der Waals surface area contributed by atoms with Crippen LogP contribution in [-0.4, -0.2) is 30.8 Å². The molecule has 0 aromatic heterocycles. The normalized spacial score (nSPS) is 19.9. The average molecular weight is 130 g/mol. The lowest BCUT2D eigenvalue weighted by Crippen LogP contribution is -2.48. The maximum atomic E-state index is 10.6. The molecular formula is C5H10N2O2. The van der Waals surface area contributed by atoms with Gasteiger partial charge in [-0.3, -0.25) is 9.80 Å². The van der Waals surface area contributed by atoms with Crippen LogP contribution in [0.5, 0.6) is 0 Å². The maximum absolute atomic E-state index is 10.6. The molecule has 1 aliphatic rings. The summed E-state index contributed by atoms with van der Waals surface area (Å²) in [7, 11) is 0. The second-order valence-electron chi connectivity index (χ2n) is 1.88. The highest BCUT2D eigenvalue weighted by molar-refractivity contribution is 5.72. The van der Waals surface area contributed by atoms with Crippen LogP contribution in [0.25, 0.3) is 0 Å². The predicted molar refractivity (Wildman–Crippen MR) is 31.3 cm³/mol. The Morgan fingerprint density at radius 1 is 1.78 bits per heavy atom. The van der Waals surface area contributed by atoms with Gasteiger partial charge >= 0.3 is 0 Å². The summed E-state index contributed by atoms with van der Waals surface area (Å²) < 4.78 is 4.94. The number of hydrogen-bond acceptors (Lipinski definition) is 3. The van der Waals surface area contributed by atoms with Gasteiger partial charge in [-0.1, -0.05) is 0 Å². The van der Waals surface area contributed by atoms with Gasteiger partial charge in [0.05, 0.1) is 13.2 Å². The number of nitrogens with one attached hydrogen (secondary N) is 1. The van der Waals surface area contributed by atoms with E-state index in [1.807, 2.05) is 0 Å². The molecule has 52 valence electrons. The van der Waals surface area contributed by atoms with Gasteiger partial charge in [-0.15, -0.1) is 0 Å². The molecule has 0 aromatic rings. The van der Waals surface area contributed by atoms with Gasteiger partial charge in [0.25, 0.3) is 0 Å². The van der Waals surface area contributed by atoms with E-state index in [1.165, 1.54) is 6.92 Å². The SMILES string of the molecule is CC(=O)N1CCOCN1. The molecule has 0 spiro atoms. The Balaban J connectivity index is 2.31. The summed E-state index contributed by atoms with van der Waals surface area (Å²) >= 11 is 0. The molecule has 4 nitrogen and oxygen atoms in total. The van der Waals surface area contributed by atoms with E-state index in [0.29, 0.717) is 19.9 Å². The molecule has 0 aromatic carbocycles. The highest BCUT2D eigenvalue weighted by Crippen LogP contribution is 1.89. The van der Waals surface area contributed by atoms with Gasteiger partial charge in [0.2, 0.25) is 5.91 Å². The van der Waals surface area contributed by atoms with E-state index in [1.54, 1.807) is 5.01 Å². The molecule has 0 unspecified atom stereocenters. The molecule has 0 aliphatic carbocycles. The summed E-state index contributed by atoms with van der Waals surface area (Å²) in [6.45, 7) is 3.25. The monoisotopic (exact) mass is 130 g/mol. The number of rotatable bonds is 0. The standard InChI is InChI=1S/C5H10N2O2/c1-5(8)7-2-3-9-4-6-7/h6H,2-4H2,1H3. The topological polar surface area (TPSA) is 41.6 Å². The number of carbonyl (C=O) groups excluding carboxylic acids is 1. The zero-order valence-electron chi connectivity index (χ0n) is 5.39. The van der Waals surface area contributed by atoms with Crippen molar-refractivity contribution in [1.29, 1.82) is 0 Å². The van der Waals surface area contributed by atoms with Crippen molar-refractivity contribution in [2.24, 2.45) is 0 Å². The van der Waals surface area contributed by atoms with Gasteiger partial charge in [0.1, 0.15) is 6.73 Å². The Hall–Kier alpha value is -0.610. The maximum Gasteiger partial charge on any atom is 0.233 e. The molecule has 0 saturated carbocycles. The number of amides is 1. The van der Waals surface area contributed by atoms with Crippen molar-refractivity contribution in [2.45, 2.75) is 6.92 Å². The quantitative estimate of drug-likeness (QED) is 0.472. The molecule has 0 bridgehead atoms. The third-order valence-electron chi connectivity index (χ3n) is 1.20. The fourth-order valence-corrected chi connectivity index (χ4v) is 0.699. The molecule has 1 heterocycles. The first-order chi connectivity index (χ1) is 4.30. The van der Waals surface area contributed by atoms with Crippen molar-refractivity contribution >= 4 is 5.91 Å². The Kier molecular flexibility index (Phi) is 2.02. The minimum absolute atomic E-state index is 0.0401. The van der Waals surface area contributed by atoms with E-state index in [2.05, 4.69) is 5.43 Å². The molecule has 1 amide bonds. The minimum atomic E-state index is 0.0401. The number of nitrogens with zero attached hydrogens (tertiary/aromatic N) is 1. The van der Waals surface area contributed by atoms with Crippen molar-refractivity contribution in [3.05, 3.63) is 0 Å². The van der Waals surface area contributed by atoms with E-state index in [0.717, 1.165) is 0 Å². The summed E-state index contributed by atoms with van der Waals surface area (Å²) in [6, 6.07) is 0. The summed E-state index contributed by atoms with van der Waals surface area (Å²) in [5.74, 6) is 0.0401. The van der Waals surface area contributed by atoms with Gasteiger partial charge < -0.3 is 4.74 Å². The zero-order valence-corrected chi connectivity index (χ0v) is 5.39. The van der Waals surface area contributed by atoms with Crippen LogP contribution in [0.2, 0.25) is 0 Å². The number of carbonyl (C=O) groups is 1. The summed E-state index contributed by atoms with van der Waals surface area (Å²) in [6.07, 6.45) is 0. The zero-order chi connectivity index (χ0) is 6.69. The van der Waals surface area contributed by atoms with Gasteiger partial charge in [-0.2, -0.15) is 0 Å². The minimum Gasteiger partial charge on any atom is -0.363 e. The molecule has 1 fully saturated rings. The molecule has 0 radical (unpaired) electrons. The van der Waals surface area contributed by atoms with E-state index in [9.17, 15) is 4.79 Å². The van der Waals surface area contributed by atoms with Gasteiger partial charge in [0.15, 0.2) is 0 Å². The Labute approximate surface area is 53.7 Å². The van der Waals surface area contributed by atoms with Gasteiger partial charge in [-0.25, -0.2) is 5.43 Å². The van der Waals surface area contributed by atoms with E-state index in [4.69, 9.17) is 4.74 Å². The van der Waals surface area contributed by atoms with Gasteiger partial charge in [0, 0.05) is 6.92 Å². The summed E-state index contributed by atoms with van der Waals surface area (Å²) in [5.41, 5.74) is 2.78. The van der Waals surface area contributed by atoms with Crippen molar-refractivity contribution in [3.8, 4) is 0 Å². The molecule has 1 rings (SSSR count). The lowest BCUT2D eigenvalue weighted by Gasteiger charge is -2.26. The first-order valence-electron chi connectivity index (χ1n) is 2.90. The summed E-state index contributed by atoms with van der Waals surface area (Å²) in [5, 5.41) is 1.55. The van der Waals surface area contributed by atoms with Crippen LogP contribution >= 0.6 is 0 Å². The fourth-order valence-electron chi connectivity index (χ4n) is 0.699. The number of ether oxygens (including phenoxy) is 1. The number of hydrazine groups is 1. The third-order valence-corrected chi connectivity index (χ3v) is 1.20. The van der Waals surface area contributed by atoms with Crippen LogP contribution in [0, 0.1) is 0 Å². The van der Waals surface area contributed by atoms with Crippen LogP contribution in [0.4, 0.5) is 0 Å². The molecule has 1 aliphatic heterocycles. The smallest absolute Gasteiger partial charge is 0.233 e. The predicted octanol–water partition coefficient (Wildman–Crippen LogP) is -0.673. The molecule has 9 heavy (non-hydrogen) atoms. The first kappa shape index (κ1) is 6.51. The third kappa shape index (κ3) is 1.65. The average Bonchev–Trinajstić information content (AvgIpc) is 1.90. The van der Waals surface area contributed by atoms with Crippen LogP contribution < -0.4 is 5.43 Å². The van der Waals surface area contributed by atoms with Crippen molar-refractivity contribution in [2.75, 3.05) is 19.9 Å². The second kappa shape index (κ2) is 2.80. The Morgan fingerprint density at radius 2 is 2.56 bits per heavy atom. The van der Waals surface area contributed by atoms with Crippen molar-refractivity contribution < 1.29 is 9.53 Å². The van der Waals surface area contributed by atoms with Gasteiger partial charge in [-0.05, 0) is 0 Å². The molecule has 1 N–H and O–H groups in total. The van der Waals surface area contributed by atoms with Crippen LogP contribution in [0.3, 0.4) is 0 Å². The van der Waals surface area contributed by atoms with Crippen molar-refractivity contribution in [3.63, 3.8) is 0 Å². The molecule has 0 atom stereocenters. The van der Waals surface area contributed by atoms with Crippen LogP contribution in [0.15, 0.2) is 0 Å². The fraction of sp³-hybridized carbons (Fsp3) is 0.800. The number of hydrogen-bond donors (Lipinski definition) is 1. The van der Waals surface area contributed by atoms with E-state index < -0.39 is 0 Å². The lowest BCUT2D eigenvalue weighted by molar-refractivity contribution is -0.139. The van der Waals surface area contributed by atoms with E-state index >= 15 is 0 Å². The van der Waals surface area contributed by atoms with Crippen molar-refractivity contribution in [1.82, 2.24) is 10.4 Å². The van der Waals surface area contributed by atoms with Crippen LogP contribution in [0.1, 0.15) is 6.92 Å². The first-order valence-corrected chi connectivity index (χ1v) is 2.90. The van der Waals surface area contributed by atoms with Crippen LogP contribution in [-0.2, 0) is 9.53 Å². The highest BCUT2D eigenvalue weighted by atomic mass is 16.5. The molecule has 4 heteroatoms.